The van der Waals surface area contributed by atoms with Gasteiger partial charge in [-0.2, -0.15) is 0 Å². The summed E-state index contributed by atoms with van der Waals surface area (Å²) in [7, 11) is 0. The molecule has 2 heterocycles. The van der Waals surface area contributed by atoms with Crippen molar-refractivity contribution in [2.75, 3.05) is 5.73 Å². The fourth-order valence-corrected chi connectivity index (χ4v) is 3.13. The molecule has 0 saturated heterocycles. The van der Waals surface area contributed by atoms with E-state index < -0.39 is 0 Å². The minimum atomic E-state index is -0.349. The van der Waals surface area contributed by atoms with E-state index in [9.17, 15) is 4.79 Å². The van der Waals surface area contributed by atoms with Crippen molar-refractivity contribution in [2.45, 2.75) is 24.8 Å². The molecule has 0 aliphatic rings. The van der Waals surface area contributed by atoms with E-state index in [1.54, 1.807) is 6.07 Å². The average molecular weight is 313 g/mol. The standard InChI is InChI=1S/C16H15N3O2S/c1-9-3-4-12-11(7-15(20)21-13(12)5-9)8-22-16-18-10(2)6-14(17)19-16/h3-7H,8H2,1-2H3,(H2,17,18,19). The van der Waals surface area contributed by atoms with Crippen molar-refractivity contribution in [2.24, 2.45) is 0 Å². The Bertz CT molecular complexity index is 885. The third-order valence-corrected chi connectivity index (χ3v) is 4.09. The van der Waals surface area contributed by atoms with Gasteiger partial charge in [0, 0.05) is 29.0 Å². The summed E-state index contributed by atoms with van der Waals surface area (Å²) in [6.07, 6.45) is 0. The second-order valence-electron chi connectivity index (χ2n) is 5.10. The molecule has 0 unspecified atom stereocenters. The lowest BCUT2D eigenvalue weighted by molar-refractivity contribution is 0.559. The van der Waals surface area contributed by atoms with E-state index in [0.717, 1.165) is 22.2 Å². The molecule has 0 saturated carbocycles. The lowest BCUT2D eigenvalue weighted by Gasteiger charge is -2.06. The topological polar surface area (TPSA) is 82.0 Å². The smallest absolute Gasteiger partial charge is 0.336 e. The molecule has 22 heavy (non-hydrogen) atoms. The zero-order valence-electron chi connectivity index (χ0n) is 12.3. The van der Waals surface area contributed by atoms with Crippen LogP contribution in [-0.2, 0) is 5.75 Å². The normalized spacial score (nSPS) is 11.0. The maximum absolute atomic E-state index is 11.7. The first-order chi connectivity index (χ1) is 10.5. The van der Waals surface area contributed by atoms with Crippen molar-refractivity contribution in [1.82, 2.24) is 9.97 Å². The Kier molecular flexibility index (Phi) is 3.85. The Morgan fingerprint density at radius 2 is 2.00 bits per heavy atom. The Labute approximate surface area is 131 Å². The largest absolute Gasteiger partial charge is 0.423 e. The minimum absolute atomic E-state index is 0.349. The fraction of sp³-hybridized carbons (Fsp3) is 0.188. The van der Waals surface area contributed by atoms with Gasteiger partial charge in [-0.05, 0) is 31.0 Å². The summed E-state index contributed by atoms with van der Waals surface area (Å²) in [6.45, 7) is 3.83. The van der Waals surface area contributed by atoms with Gasteiger partial charge in [-0.25, -0.2) is 14.8 Å². The second kappa shape index (κ2) is 5.81. The molecule has 6 heteroatoms. The molecular weight excluding hydrogens is 298 g/mol. The number of anilines is 1. The number of benzene rings is 1. The van der Waals surface area contributed by atoms with Gasteiger partial charge in [0.05, 0.1) is 0 Å². The van der Waals surface area contributed by atoms with Crippen LogP contribution >= 0.6 is 11.8 Å². The number of nitrogens with zero attached hydrogens (tertiary/aromatic N) is 2. The van der Waals surface area contributed by atoms with Crippen LogP contribution < -0.4 is 11.4 Å². The van der Waals surface area contributed by atoms with Gasteiger partial charge < -0.3 is 10.2 Å². The summed E-state index contributed by atoms with van der Waals surface area (Å²) in [5, 5.41) is 1.53. The van der Waals surface area contributed by atoms with Gasteiger partial charge in [-0.1, -0.05) is 23.9 Å². The maximum Gasteiger partial charge on any atom is 0.336 e. The molecule has 0 aliphatic carbocycles. The molecule has 2 aromatic heterocycles. The Morgan fingerprint density at radius 1 is 1.18 bits per heavy atom. The Balaban J connectivity index is 1.95. The highest BCUT2D eigenvalue weighted by Gasteiger charge is 2.08. The van der Waals surface area contributed by atoms with Gasteiger partial charge in [0.2, 0.25) is 0 Å². The molecule has 0 radical (unpaired) electrons. The van der Waals surface area contributed by atoms with Gasteiger partial charge >= 0.3 is 5.63 Å². The number of nitrogens with two attached hydrogens (primary N) is 1. The number of nitrogen functional groups attached to an aromatic ring is 1. The molecule has 112 valence electrons. The molecule has 0 amide bonds. The van der Waals surface area contributed by atoms with E-state index >= 15 is 0 Å². The zero-order valence-corrected chi connectivity index (χ0v) is 13.1. The predicted octanol–water partition coefficient (Wildman–Crippen LogP) is 3.07. The first kappa shape index (κ1) is 14.6. The molecule has 1 aromatic carbocycles. The SMILES string of the molecule is Cc1ccc2c(CSc3nc(C)cc(N)n3)cc(=O)oc2c1. The van der Waals surface area contributed by atoms with Crippen LogP contribution in [0.5, 0.6) is 0 Å². The number of rotatable bonds is 3. The van der Waals surface area contributed by atoms with Crippen LogP contribution in [0, 0.1) is 13.8 Å². The summed E-state index contributed by atoms with van der Waals surface area (Å²) in [5.74, 6) is 1.02. The first-order valence-electron chi connectivity index (χ1n) is 6.78. The van der Waals surface area contributed by atoms with Crippen LogP contribution in [0.4, 0.5) is 5.82 Å². The monoisotopic (exact) mass is 313 g/mol. The Morgan fingerprint density at radius 3 is 2.77 bits per heavy atom. The Hall–Kier alpha value is -2.34. The number of aryl methyl sites for hydroxylation is 2. The molecule has 2 N–H and O–H groups in total. The minimum Gasteiger partial charge on any atom is -0.423 e. The quantitative estimate of drug-likeness (QED) is 0.454. The average Bonchev–Trinajstić information content (AvgIpc) is 2.43. The number of fused-ring (bicyclic) bond motifs is 1. The van der Waals surface area contributed by atoms with Gasteiger partial charge in [-0.3, -0.25) is 0 Å². The maximum atomic E-state index is 11.7. The lowest BCUT2D eigenvalue weighted by atomic mass is 10.1. The van der Waals surface area contributed by atoms with Gasteiger partial charge in [0.15, 0.2) is 5.16 Å². The molecule has 5 nitrogen and oxygen atoms in total. The number of aromatic nitrogens is 2. The molecule has 0 aliphatic heterocycles. The number of thioether (sulfide) groups is 1. The van der Waals surface area contributed by atoms with Gasteiger partial charge in [-0.15, -0.1) is 0 Å². The van der Waals surface area contributed by atoms with Crippen molar-refractivity contribution < 1.29 is 4.42 Å². The highest BCUT2D eigenvalue weighted by molar-refractivity contribution is 7.98. The molecule has 0 bridgehead atoms. The number of hydrogen-bond acceptors (Lipinski definition) is 6. The van der Waals surface area contributed by atoms with E-state index in [1.807, 2.05) is 32.0 Å². The van der Waals surface area contributed by atoms with Crippen LogP contribution in [-0.4, -0.2) is 9.97 Å². The van der Waals surface area contributed by atoms with E-state index in [1.165, 1.54) is 17.8 Å². The third kappa shape index (κ3) is 3.12. The van der Waals surface area contributed by atoms with Crippen LogP contribution in [0.1, 0.15) is 16.8 Å². The molecule has 0 atom stereocenters. The summed E-state index contributed by atoms with van der Waals surface area (Å²) < 4.78 is 5.26. The van der Waals surface area contributed by atoms with Crippen molar-refractivity contribution >= 4 is 28.5 Å². The van der Waals surface area contributed by atoms with E-state index in [0.29, 0.717) is 22.3 Å². The van der Waals surface area contributed by atoms with E-state index in [2.05, 4.69) is 9.97 Å². The molecule has 3 aromatic rings. The molecule has 0 fully saturated rings. The van der Waals surface area contributed by atoms with Crippen LogP contribution in [0.15, 0.2) is 44.7 Å². The number of hydrogen-bond donors (Lipinski definition) is 1. The highest BCUT2D eigenvalue weighted by Crippen LogP contribution is 2.25. The van der Waals surface area contributed by atoms with Gasteiger partial charge in [0.25, 0.3) is 0 Å². The van der Waals surface area contributed by atoms with Crippen LogP contribution in [0.25, 0.3) is 11.0 Å². The molecule has 3 rings (SSSR count). The molecular formula is C16H15N3O2S. The van der Waals surface area contributed by atoms with Crippen molar-refractivity contribution in [1.29, 1.82) is 0 Å². The van der Waals surface area contributed by atoms with Crippen molar-refractivity contribution in [3.63, 3.8) is 0 Å². The summed E-state index contributed by atoms with van der Waals surface area (Å²) in [4.78, 5) is 20.2. The zero-order chi connectivity index (χ0) is 15.7. The first-order valence-corrected chi connectivity index (χ1v) is 7.77. The van der Waals surface area contributed by atoms with Crippen molar-refractivity contribution in [3.8, 4) is 0 Å². The summed E-state index contributed by atoms with van der Waals surface area (Å²) in [6, 6.07) is 9.07. The summed E-state index contributed by atoms with van der Waals surface area (Å²) in [5.41, 5.74) is 8.76. The molecule has 0 spiro atoms. The third-order valence-electron chi connectivity index (χ3n) is 3.20. The van der Waals surface area contributed by atoms with E-state index in [4.69, 9.17) is 10.2 Å². The fourth-order valence-electron chi connectivity index (χ4n) is 2.23. The van der Waals surface area contributed by atoms with Crippen LogP contribution in [0.2, 0.25) is 0 Å². The van der Waals surface area contributed by atoms with Crippen molar-refractivity contribution in [3.05, 3.63) is 57.6 Å². The second-order valence-corrected chi connectivity index (χ2v) is 6.04. The predicted molar refractivity (Wildman–Crippen MR) is 88.0 cm³/mol. The van der Waals surface area contributed by atoms with Crippen LogP contribution in [0.3, 0.4) is 0 Å². The van der Waals surface area contributed by atoms with Gasteiger partial charge in [0.1, 0.15) is 11.4 Å². The summed E-state index contributed by atoms with van der Waals surface area (Å²) >= 11 is 1.45. The highest BCUT2D eigenvalue weighted by atomic mass is 32.2. The van der Waals surface area contributed by atoms with E-state index in [-0.39, 0.29) is 5.63 Å². The lowest BCUT2D eigenvalue weighted by Crippen LogP contribution is -2.01.